The van der Waals surface area contributed by atoms with Gasteiger partial charge in [-0.25, -0.2) is 4.98 Å². The molecule has 0 fully saturated rings. The first-order valence-corrected chi connectivity index (χ1v) is 4.93. The Balaban J connectivity index is 2.81. The molecule has 0 aliphatic carbocycles. The van der Waals surface area contributed by atoms with Crippen LogP contribution in [0.1, 0.15) is 31.6 Å². The Labute approximate surface area is 84.9 Å². The molecule has 80 valence electrons. The molecule has 0 aromatic carbocycles. The Bertz CT molecular complexity index is 278. The second-order valence-corrected chi connectivity index (χ2v) is 3.04. The van der Waals surface area contributed by atoms with E-state index in [-0.39, 0.29) is 6.41 Å². The summed E-state index contributed by atoms with van der Waals surface area (Å²) in [5.74, 6) is 0. The van der Waals surface area contributed by atoms with Crippen LogP contribution in [-0.4, -0.2) is 22.8 Å². The van der Waals surface area contributed by atoms with Crippen molar-refractivity contribution in [2.75, 3.05) is 13.2 Å². The van der Waals surface area contributed by atoms with E-state index in [9.17, 15) is 0 Å². The van der Waals surface area contributed by atoms with Gasteiger partial charge in [-0.3, -0.25) is 4.57 Å². The minimum Gasteiger partial charge on any atom is -0.335 e. The number of aromatic nitrogens is 2. The van der Waals surface area contributed by atoms with Crippen molar-refractivity contribution in [3.63, 3.8) is 0 Å². The maximum Gasteiger partial charge on any atom is 0.245 e. The van der Waals surface area contributed by atoms with Crippen LogP contribution >= 0.6 is 0 Å². The lowest BCUT2D eigenvalue weighted by molar-refractivity contribution is -0.186. The Hall–Kier alpha value is -0.870. The molecule has 0 saturated carbocycles. The topological polar surface area (TPSA) is 36.3 Å². The van der Waals surface area contributed by atoms with Crippen LogP contribution in [0, 0.1) is 13.8 Å². The lowest BCUT2D eigenvalue weighted by Gasteiger charge is -2.19. The number of hydrogen-bond acceptors (Lipinski definition) is 3. The smallest absolute Gasteiger partial charge is 0.245 e. The molecule has 0 saturated heterocycles. The molecule has 0 radical (unpaired) electrons. The third-order valence-electron chi connectivity index (χ3n) is 2.13. The molecule has 1 rings (SSSR count). The molecule has 1 heterocycles. The van der Waals surface area contributed by atoms with Crippen LogP contribution in [-0.2, 0) is 9.47 Å². The number of imidazole rings is 1. The van der Waals surface area contributed by atoms with Crippen molar-refractivity contribution in [2.45, 2.75) is 34.1 Å². The van der Waals surface area contributed by atoms with E-state index in [1.165, 1.54) is 0 Å². The summed E-state index contributed by atoms with van der Waals surface area (Å²) >= 11 is 0. The van der Waals surface area contributed by atoms with Crippen LogP contribution in [0.3, 0.4) is 0 Å². The quantitative estimate of drug-likeness (QED) is 0.679. The van der Waals surface area contributed by atoms with Crippen LogP contribution in [0.25, 0.3) is 0 Å². The molecule has 1 aromatic heterocycles. The van der Waals surface area contributed by atoms with Crippen LogP contribution < -0.4 is 0 Å². The Morgan fingerprint density at radius 3 is 2.21 bits per heavy atom. The van der Waals surface area contributed by atoms with Crippen LogP contribution in [0.2, 0.25) is 0 Å². The molecule has 0 aliphatic rings. The van der Waals surface area contributed by atoms with Crippen molar-refractivity contribution in [1.29, 1.82) is 0 Å². The maximum absolute atomic E-state index is 5.46. The van der Waals surface area contributed by atoms with Crippen molar-refractivity contribution in [1.82, 2.24) is 9.55 Å². The van der Waals surface area contributed by atoms with Crippen molar-refractivity contribution in [3.05, 3.63) is 17.7 Å². The molecule has 14 heavy (non-hydrogen) atoms. The van der Waals surface area contributed by atoms with Crippen molar-refractivity contribution in [3.8, 4) is 0 Å². The summed E-state index contributed by atoms with van der Waals surface area (Å²) in [7, 11) is 0. The molecule has 0 aliphatic heterocycles. The molecule has 0 atom stereocenters. The van der Waals surface area contributed by atoms with E-state index in [4.69, 9.17) is 9.47 Å². The van der Waals surface area contributed by atoms with Crippen molar-refractivity contribution in [2.24, 2.45) is 0 Å². The summed E-state index contributed by atoms with van der Waals surface area (Å²) < 4.78 is 12.8. The second-order valence-electron chi connectivity index (χ2n) is 3.04. The van der Waals surface area contributed by atoms with Gasteiger partial charge in [0.2, 0.25) is 6.41 Å². The highest BCUT2D eigenvalue weighted by molar-refractivity contribution is 5.08. The monoisotopic (exact) mass is 198 g/mol. The van der Waals surface area contributed by atoms with E-state index in [1.54, 1.807) is 6.33 Å². The lowest BCUT2D eigenvalue weighted by Crippen LogP contribution is -2.17. The Morgan fingerprint density at radius 1 is 1.29 bits per heavy atom. The minimum atomic E-state index is -0.341. The van der Waals surface area contributed by atoms with Gasteiger partial charge >= 0.3 is 0 Å². The van der Waals surface area contributed by atoms with E-state index in [0.717, 1.165) is 11.4 Å². The molecule has 0 bridgehead atoms. The highest BCUT2D eigenvalue weighted by Crippen LogP contribution is 2.15. The standard InChI is InChI=1S/C10H18N2O2/c1-5-13-10(14-6-2)12-7-11-8(3)9(12)4/h7,10H,5-6H2,1-4H3. The predicted octanol–water partition coefficient (Wildman–Crippen LogP) is 2.03. The van der Waals surface area contributed by atoms with Gasteiger partial charge in [-0.1, -0.05) is 0 Å². The van der Waals surface area contributed by atoms with Crippen LogP contribution in [0.15, 0.2) is 6.33 Å². The fourth-order valence-corrected chi connectivity index (χ4v) is 1.22. The molecule has 0 N–H and O–H groups in total. The van der Waals surface area contributed by atoms with E-state index in [0.29, 0.717) is 13.2 Å². The van der Waals surface area contributed by atoms with Gasteiger partial charge in [0.15, 0.2) is 0 Å². The zero-order valence-corrected chi connectivity index (χ0v) is 9.28. The predicted molar refractivity (Wildman–Crippen MR) is 54.0 cm³/mol. The molecule has 1 aromatic rings. The SMILES string of the molecule is CCOC(OCC)n1cnc(C)c1C. The summed E-state index contributed by atoms with van der Waals surface area (Å²) in [5, 5.41) is 0. The summed E-state index contributed by atoms with van der Waals surface area (Å²) in [5.41, 5.74) is 2.09. The zero-order valence-electron chi connectivity index (χ0n) is 9.28. The van der Waals surface area contributed by atoms with E-state index in [2.05, 4.69) is 4.98 Å². The third kappa shape index (κ3) is 2.33. The largest absolute Gasteiger partial charge is 0.335 e. The van der Waals surface area contributed by atoms with Gasteiger partial charge in [0.05, 0.1) is 12.0 Å². The molecule has 0 amide bonds. The summed E-state index contributed by atoms with van der Waals surface area (Å²) in [4.78, 5) is 4.20. The molecule has 0 unspecified atom stereocenters. The lowest BCUT2D eigenvalue weighted by atomic mass is 10.4. The van der Waals surface area contributed by atoms with Gasteiger partial charge in [0, 0.05) is 18.9 Å². The highest BCUT2D eigenvalue weighted by atomic mass is 16.7. The molecule has 0 spiro atoms. The van der Waals surface area contributed by atoms with Crippen molar-refractivity contribution >= 4 is 0 Å². The summed E-state index contributed by atoms with van der Waals surface area (Å²) in [6.45, 7) is 9.13. The van der Waals surface area contributed by atoms with Gasteiger partial charge < -0.3 is 9.47 Å². The fraction of sp³-hybridized carbons (Fsp3) is 0.700. The van der Waals surface area contributed by atoms with Crippen molar-refractivity contribution < 1.29 is 9.47 Å². The third-order valence-corrected chi connectivity index (χ3v) is 2.13. The normalized spacial score (nSPS) is 11.2. The van der Waals surface area contributed by atoms with Gasteiger partial charge in [0.1, 0.15) is 0 Å². The average Bonchev–Trinajstić information content (AvgIpc) is 2.48. The molecule has 4 nitrogen and oxygen atoms in total. The van der Waals surface area contributed by atoms with Gasteiger partial charge in [-0.05, 0) is 27.7 Å². The molecule has 4 heteroatoms. The first-order valence-electron chi connectivity index (χ1n) is 4.93. The zero-order chi connectivity index (χ0) is 10.6. The van der Waals surface area contributed by atoms with Gasteiger partial charge in [0.25, 0.3) is 0 Å². The Morgan fingerprint density at radius 2 is 1.86 bits per heavy atom. The van der Waals surface area contributed by atoms with Crippen LogP contribution in [0.4, 0.5) is 0 Å². The maximum atomic E-state index is 5.46. The van der Waals surface area contributed by atoms with E-state index >= 15 is 0 Å². The number of nitrogens with zero attached hydrogens (tertiary/aromatic N) is 2. The van der Waals surface area contributed by atoms with Gasteiger partial charge in [-0.15, -0.1) is 0 Å². The van der Waals surface area contributed by atoms with E-state index < -0.39 is 0 Å². The molecular formula is C10H18N2O2. The van der Waals surface area contributed by atoms with E-state index in [1.807, 2.05) is 32.3 Å². The first kappa shape index (κ1) is 11.2. The number of hydrogen-bond donors (Lipinski definition) is 0. The number of aryl methyl sites for hydroxylation is 1. The minimum absolute atomic E-state index is 0.341. The summed E-state index contributed by atoms with van der Waals surface area (Å²) in [6, 6.07) is 0. The highest BCUT2D eigenvalue weighted by Gasteiger charge is 2.13. The fourth-order valence-electron chi connectivity index (χ4n) is 1.22. The van der Waals surface area contributed by atoms with Crippen LogP contribution in [0.5, 0.6) is 0 Å². The number of ether oxygens (including phenoxy) is 2. The molecular weight excluding hydrogens is 180 g/mol. The Kier molecular flexibility index (Phi) is 4.10. The second kappa shape index (κ2) is 5.12. The first-order chi connectivity index (χ1) is 6.70. The van der Waals surface area contributed by atoms with Gasteiger partial charge in [-0.2, -0.15) is 0 Å². The summed E-state index contributed by atoms with van der Waals surface area (Å²) in [6.07, 6.45) is 1.41. The number of rotatable bonds is 5. The average molecular weight is 198 g/mol.